The summed E-state index contributed by atoms with van der Waals surface area (Å²) in [4.78, 5) is 16.3. The van der Waals surface area contributed by atoms with Crippen molar-refractivity contribution in [2.75, 3.05) is 5.32 Å². The molecule has 0 saturated heterocycles. The third-order valence-corrected chi connectivity index (χ3v) is 4.84. The van der Waals surface area contributed by atoms with Gasteiger partial charge in [-0.2, -0.15) is 0 Å². The minimum absolute atomic E-state index is 0.0367. The molecular weight excluding hydrogens is 268 g/mol. The van der Waals surface area contributed by atoms with Gasteiger partial charge in [0.05, 0.1) is 0 Å². The molecule has 104 valence electrons. The lowest BCUT2D eigenvalue weighted by molar-refractivity contribution is -0.118. The lowest BCUT2D eigenvalue weighted by Crippen LogP contribution is -2.38. The highest BCUT2D eigenvalue weighted by Gasteiger charge is 2.40. The molecule has 1 aliphatic rings. The molecule has 0 radical (unpaired) electrons. The topological polar surface area (TPSA) is 42.0 Å². The molecule has 1 saturated carbocycles. The fourth-order valence-electron chi connectivity index (χ4n) is 2.83. The summed E-state index contributed by atoms with van der Waals surface area (Å²) in [5.74, 6) is 0.0697. The van der Waals surface area contributed by atoms with E-state index in [1.54, 1.807) is 6.20 Å². The molecule has 1 heterocycles. The van der Waals surface area contributed by atoms with Crippen LogP contribution in [0.1, 0.15) is 36.8 Å². The Labute approximate surface area is 123 Å². The zero-order chi connectivity index (χ0) is 14.0. The van der Waals surface area contributed by atoms with Crippen molar-refractivity contribution in [3.05, 3.63) is 47.0 Å². The van der Waals surface area contributed by atoms with Crippen molar-refractivity contribution in [1.82, 2.24) is 4.98 Å². The summed E-state index contributed by atoms with van der Waals surface area (Å²) in [7, 11) is 0. The third kappa shape index (κ3) is 2.61. The first-order chi connectivity index (χ1) is 9.68. The number of nitrogens with zero attached hydrogens (tertiary/aromatic N) is 1. The second kappa shape index (κ2) is 5.37. The van der Waals surface area contributed by atoms with Crippen molar-refractivity contribution in [3.63, 3.8) is 0 Å². The Kier molecular flexibility index (Phi) is 3.57. The number of thiazole rings is 1. The molecule has 4 heteroatoms. The minimum atomic E-state index is 0.0367. The Morgan fingerprint density at radius 2 is 2.10 bits per heavy atom. The molecule has 3 rings (SSSR count). The van der Waals surface area contributed by atoms with E-state index in [9.17, 15) is 4.79 Å². The van der Waals surface area contributed by atoms with Crippen LogP contribution in [0.25, 0.3) is 0 Å². The number of rotatable bonds is 4. The van der Waals surface area contributed by atoms with E-state index in [2.05, 4.69) is 41.5 Å². The molecule has 1 aromatic carbocycles. The highest BCUT2D eigenvalue weighted by Crippen LogP contribution is 2.46. The molecule has 3 nitrogen and oxygen atoms in total. The molecule has 1 aliphatic carbocycles. The van der Waals surface area contributed by atoms with Gasteiger partial charge in [-0.25, -0.2) is 4.98 Å². The fourth-order valence-corrected chi connectivity index (χ4v) is 3.38. The SMILES string of the molecule is Cc1ccc(C2(CC(=O)Nc3nccs3)CCC2)cc1. The third-order valence-electron chi connectivity index (χ3n) is 4.15. The number of hydrogen-bond donors (Lipinski definition) is 1. The number of carbonyl (C=O) groups excluding carboxylic acids is 1. The van der Waals surface area contributed by atoms with Gasteiger partial charge in [0.25, 0.3) is 0 Å². The predicted octanol–water partition coefficient (Wildman–Crippen LogP) is 3.90. The maximum Gasteiger partial charge on any atom is 0.227 e. The summed E-state index contributed by atoms with van der Waals surface area (Å²) in [6.45, 7) is 2.09. The van der Waals surface area contributed by atoms with Crippen LogP contribution in [-0.2, 0) is 10.2 Å². The number of aromatic nitrogens is 1. The molecule has 0 atom stereocenters. The van der Waals surface area contributed by atoms with Gasteiger partial charge in [0.1, 0.15) is 0 Å². The second-order valence-electron chi connectivity index (χ2n) is 5.56. The van der Waals surface area contributed by atoms with Gasteiger partial charge in [0.15, 0.2) is 5.13 Å². The predicted molar refractivity (Wildman–Crippen MR) is 82.1 cm³/mol. The molecule has 0 spiro atoms. The molecule has 1 aromatic heterocycles. The lowest BCUT2D eigenvalue weighted by atomic mass is 9.62. The quantitative estimate of drug-likeness (QED) is 0.926. The maximum absolute atomic E-state index is 12.2. The van der Waals surface area contributed by atoms with Crippen LogP contribution in [-0.4, -0.2) is 10.9 Å². The number of aryl methyl sites for hydroxylation is 1. The Balaban J connectivity index is 1.73. The summed E-state index contributed by atoms with van der Waals surface area (Å²) in [6, 6.07) is 8.61. The number of benzene rings is 1. The van der Waals surface area contributed by atoms with Gasteiger partial charge in [-0.05, 0) is 25.3 Å². The van der Waals surface area contributed by atoms with E-state index in [0.717, 1.165) is 12.8 Å². The number of amides is 1. The zero-order valence-corrected chi connectivity index (χ0v) is 12.4. The average Bonchev–Trinajstić information content (AvgIpc) is 2.88. The van der Waals surface area contributed by atoms with Gasteiger partial charge >= 0.3 is 0 Å². The van der Waals surface area contributed by atoms with E-state index in [4.69, 9.17) is 0 Å². The second-order valence-corrected chi connectivity index (χ2v) is 6.46. The van der Waals surface area contributed by atoms with Crippen LogP contribution in [0.3, 0.4) is 0 Å². The molecule has 1 amide bonds. The number of anilines is 1. The van der Waals surface area contributed by atoms with Gasteiger partial charge in [0, 0.05) is 23.4 Å². The number of carbonyl (C=O) groups is 1. The summed E-state index contributed by atoms with van der Waals surface area (Å²) in [5.41, 5.74) is 2.59. The molecule has 0 aliphatic heterocycles. The van der Waals surface area contributed by atoms with Crippen molar-refractivity contribution in [1.29, 1.82) is 0 Å². The first-order valence-corrected chi connectivity index (χ1v) is 7.82. The van der Waals surface area contributed by atoms with E-state index >= 15 is 0 Å². The van der Waals surface area contributed by atoms with Crippen molar-refractivity contribution in [3.8, 4) is 0 Å². The van der Waals surface area contributed by atoms with Crippen molar-refractivity contribution in [2.24, 2.45) is 0 Å². The Morgan fingerprint density at radius 1 is 1.35 bits per heavy atom. The monoisotopic (exact) mass is 286 g/mol. The van der Waals surface area contributed by atoms with Crippen molar-refractivity contribution < 1.29 is 4.79 Å². The van der Waals surface area contributed by atoms with E-state index in [1.807, 2.05) is 5.38 Å². The van der Waals surface area contributed by atoms with Crippen LogP contribution in [0.2, 0.25) is 0 Å². The van der Waals surface area contributed by atoms with Gasteiger partial charge in [-0.1, -0.05) is 36.2 Å². The van der Waals surface area contributed by atoms with Crippen LogP contribution >= 0.6 is 11.3 Å². The smallest absolute Gasteiger partial charge is 0.227 e. The first-order valence-electron chi connectivity index (χ1n) is 6.94. The van der Waals surface area contributed by atoms with Crippen molar-refractivity contribution >= 4 is 22.4 Å². The number of nitrogens with one attached hydrogen (secondary N) is 1. The van der Waals surface area contributed by atoms with Crippen LogP contribution in [0.4, 0.5) is 5.13 Å². The van der Waals surface area contributed by atoms with Crippen molar-refractivity contribution in [2.45, 2.75) is 38.0 Å². The fraction of sp³-hybridized carbons (Fsp3) is 0.375. The van der Waals surface area contributed by atoms with E-state index in [0.29, 0.717) is 11.6 Å². The van der Waals surface area contributed by atoms with E-state index in [-0.39, 0.29) is 11.3 Å². The Morgan fingerprint density at radius 3 is 2.65 bits per heavy atom. The van der Waals surface area contributed by atoms with Gasteiger partial charge in [-0.3, -0.25) is 4.79 Å². The largest absolute Gasteiger partial charge is 0.302 e. The first kappa shape index (κ1) is 13.3. The summed E-state index contributed by atoms with van der Waals surface area (Å²) < 4.78 is 0. The van der Waals surface area contributed by atoms with Gasteiger partial charge < -0.3 is 5.32 Å². The summed E-state index contributed by atoms with van der Waals surface area (Å²) >= 11 is 1.46. The minimum Gasteiger partial charge on any atom is -0.302 e. The number of hydrogen-bond acceptors (Lipinski definition) is 3. The maximum atomic E-state index is 12.2. The summed E-state index contributed by atoms with van der Waals surface area (Å²) in [6.07, 6.45) is 5.66. The van der Waals surface area contributed by atoms with Crippen LogP contribution < -0.4 is 5.32 Å². The summed E-state index contributed by atoms with van der Waals surface area (Å²) in [5, 5.41) is 5.45. The van der Waals surface area contributed by atoms with Crippen LogP contribution in [0.5, 0.6) is 0 Å². The van der Waals surface area contributed by atoms with Gasteiger partial charge in [0.2, 0.25) is 5.91 Å². The average molecular weight is 286 g/mol. The van der Waals surface area contributed by atoms with Gasteiger partial charge in [-0.15, -0.1) is 11.3 Å². The molecule has 1 N–H and O–H groups in total. The lowest BCUT2D eigenvalue weighted by Gasteiger charge is -2.42. The molecule has 2 aromatic rings. The zero-order valence-electron chi connectivity index (χ0n) is 11.6. The Hall–Kier alpha value is -1.68. The van der Waals surface area contributed by atoms with E-state index < -0.39 is 0 Å². The molecule has 0 unspecified atom stereocenters. The standard InChI is InChI=1S/C16H18N2OS/c1-12-3-5-13(6-4-12)16(7-2-8-16)11-14(19)18-15-17-9-10-20-15/h3-6,9-10H,2,7-8,11H2,1H3,(H,17,18,19). The van der Waals surface area contributed by atoms with E-state index in [1.165, 1.54) is 28.9 Å². The highest BCUT2D eigenvalue weighted by molar-refractivity contribution is 7.13. The Bertz CT molecular complexity index is 585. The molecular formula is C16H18N2OS. The molecule has 0 bridgehead atoms. The van der Waals surface area contributed by atoms with Crippen LogP contribution in [0.15, 0.2) is 35.8 Å². The molecule has 20 heavy (non-hydrogen) atoms. The van der Waals surface area contributed by atoms with Crippen LogP contribution in [0, 0.1) is 6.92 Å². The molecule has 1 fully saturated rings. The highest BCUT2D eigenvalue weighted by atomic mass is 32.1. The normalized spacial score (nSPS) is 16.4.